The summed E-state index contributed by atoms with van der Waals surface area (Å²) < 4.78 is 4.79. The zero-order valence-corrected chi connectivity index (χ0v) is 17.1. The number of halogens is 1. The van der Waals surface area contributed by atoms with E-state index in [1.54, 1.807) is 23.9 Å². The summed E-state index contributed by atoms with van der Waals surface area (Å²) in [5.74, 6) is 1.46. The zero-order chi connectivity index (χ0) is 18.9. The number of benzene rings is 2. The summed E-state index contributed by atoms with van der Waals surface area (Å²) in [7, 11) is 1.37. The van der Waals surface area contributed by atoms with Gasteiger partial charge in [0, 0.05) is 28.8 Å². The first kappa shape index (κ1) is 20.6. The van der Waals surface area contributed by atoms with E-state index in [2.05, 4.69) is 16.7 Å². The molecule has 4 nitrogen and oxygen atoms in total. The van der Waals surface area contributed by atoms with Crippen LogP contribution in [0.5, 0.6) is 0 Å². The largest absolute Gasteiger partial charge is 0.465 e. The SMILES string of the molecule is COC(=O)c1cccc(NC(=S)NCCSCc2cccc(Cl)c2)c1C. The van der Waals surface area contributed by atoms with Crippen LogP contribution in [0.25, 0.3) is 0 Å². The molecule has 26 heavy (non-hydrogen) atoms. The van der Waals surface area contributed by atoms with Crippen LogP contribution >= 0.6 is 35.6 Å². The number of methoxy groups -OCH3 is 1. The second-order valence-corrected chi connectivity index (χ2v) is 7.48. The summed E-state index contributed by atoms with van der Waals surface area (Å²) >= 11 is 13.1. The van der Waals surface area contributed by atoms with E-state index in [-0.39, 0.29) is 5.97 Å². The smallest absolute Gasteiger partial charge is 0.338 e. The number of carbonyl (C=O) groups excluding carboxylic acids is 1. The molecule has 0 saturated carbocycles. The van der Waals surface area contributed by atoms with E-state index in [0.29, 0.717) is 10.7 Å². The Labute approximate surface area is 168 Å². The summed E-state index contributed by atoms with van der Waals surface area (Å²) in [4.78, 5) is 11.7. The quantitative estimate of drug-likeness (QED) is 0.395. The molecule has 7 heteroatoms. The van der Waals surface area contributed by atoms with Crippen molar-refractivity contribution in [3.05, 3.63) is 64.2 Å². The number of ether oxygens (including phenoxy) is 1. The Hall–Kier alpha value is -1.76. The van der Waals surface area contributed by atoms with Crippen molar-refractivity contribution in [1.82, 2.24) is 5.32 Å². The fourth-order valence-corrected chi connectivity index (χ4v) is 3.55. The van der Waals surface area contributed by atoms with Crippen molar-refractivity contribution in [2.24, 2.45) is 0 Å². The second-order valence-electron chi connectivity index (χ2n) is 5.53. The predicted molar refractivity (Wildman–Crippen MR) is 114 cm³/mol. The molecule has 0 bridgehead atoms. The average molecular weight is 409 g/mol. The molecule has 2 aromatic carbocycles. The van der Waals surface area contributed by atoms with Crippen LogP contribution in [-0.4, -0.2) is 30.5 Å². The van der Waals surface area contributed by atoms with Gasteiger partial charge in [-0.2, -0.15) is 11.8 Å². The van der Waals surface area contributed by atoms with Gasteiger partial charge < -0.3 is 15.4 Å². The molecule has 2 aromatic rings. The van der Waals surface area contributed by atoms with E-state index in [0.717, 1.165) is 34.3 Å². The number of hydrogen-bond acceptors (Lipinski definition) is 4. The van der Waals surface area contributed by atoms with Crippen molar-refractivity contribution in [3.63, 3.8) is 0 Å². The van der Waals surface area contributed by atoms with Crippen LogP contribution in [-0.2, 0) is 10.5 Å². The highest BCUT2D eigenvalue weighted by Gasteiger charge is 2.12. The van der Waals surface area contributed by atoms with Gasteiger partial charge in [0.05, 0.1) is 12.7 Å². The second kappa shape index (κ2) is 10.4. The number of thioether (sulfide) groups is 1. The van der Waals surface area contributed by atoms with Crippen LogP contribution in [0.3, 0.4) is 0 Å². The summed E-state index contributed by atoms with van der Waals surface area (Å²) in [6.07, 6.45) is 0. The van der Waals surface area contributed by atoms with Gasteiger partial charge in [0.1, 0.15) is 0 Å². The van der Waals surface area contributed by atoms with Crippen molar-refractivity contribution in [2.75, 3.05) is 24.7 Å². The van der Waals surface area contributed by atoms with Crippen molar-refractivity contribution in [2.45, 2.75) is 12.7 Å². The number of anilines is 1. The molecular weight excluding hydrogens is 388 g/mol. The van der Waals surface area contributed by atoms with Gasteiger partial charge in [0.15, 0.2) is 5.11 Å². The average Bonchev–Trinajstić information content (AvgIpc) is 2.62. The Balaban J connectivity index is 1.76. The number of hydrogen-bond donors (Lipinski definition) is 2. The first-order valence-electron chi connectivity index (χ1n) is 8.06. The number of rotatable bonds is 7. The van der Waals surface area contributed by atoms with Crippen molar-refractivity contribution >= 4 is 52.3 Å². The molecule has 0 amide bonds. The minimum Gasteiger partial charge on any atom is -0.465 e. The standard InChI is InChI=1S/C19H21ClN2O2S2/c1-13-16(18(23)24-2)7-4-8-17(13)22-19(25)21-9-10-26-12-14-5-3-6-15(20)11-14/h3-8,11H,9-10,12H2,1-2H3,(H2,21,22,25). The molecule has 0 aliphatic rings. The number of esters is 1. The van der Waals surface area contributed by atoms with Crippen LogP contribution in [0.1, 0.15) is 21.5 Å². The van der Waals surface area contributed by atoms with E-state index in [1.165, 1.54) is 12.7 Å². The van der Waals surface area contributed by atoms with Gasteiger partial charge in [-0.15, -0.1) is 0 Å². The van der Waals surface area contributed by atoms with Crippen molar-refractivity contribution < 1.29 is 9.53 Å². The topological polar surface area (TPSA) is 50.4 Å². The maximum atomic E-state index is 11.7. The highest BCUT2D eigenvalue weighted by atomic mass is 35.5. The number of nitrogens with one attached hydrogen (secondary N) is 2. The van der Waals surface area contributed by atoms with Gasteiger partial charge >= 0.3 is 5.97 Å². The van der Waals surface area contributed by atoms with Crippen molar-refractivity contribution in [1.29, 1.82) is 0 Å². The number of thiocarbonyl (C=S) groups is 1. The van der Waals surface area contributed by atoms with Crippen molar-refractivity contribution in [3.8, 4) is 0 Å². The first-order valence-corrected chi connectivity index (χ1v) is 10.0. The summed E-state index contributed by atoms with van der Waals surface area (Å²) in [5, 5.41) is 7.59. The molecule has 2 rings (SSSR count). The Morgan fingerprint density at radius 1 is 1.27 bits per heavy atom. The lowest BCUT2D eigenvalue weighted by molar-refractivity contribution is 0.0600. The molecular formula is C19H21ClN2O2S2. The highest BCUT2D eigenvalue weighted by molar-refractivity contribution is 7.98. The van der Waals surface area contributed by atoms with Gasteiger partial charge in [0.2, 0.25) is 0 Å². The van der Waals surface area contributed by atoms with Gasteiger partial charge in [-0.3, -0.25) is 0 Å². The lowest BCUT2D eigenvalue weighted by Gasteiger charge is -2.14. The molecule has 0 aliphatic carbocycles. The summed E-state index contributed by atoms with van der Waals surface area (Å²) in [5.41, 5.74) is 3.33. The fourth-order valence-electron chi connectivity index (χ4n) is 2.32. The van der Waals surface area contributed by atoms with E-state index < -0.39 is 0 Å². The molecule has 0 saturated heterocycles. The monoisotopic (exact) mass is 408 g/mol. The Morgan fingerprint density at radius 2 is 2.04 bits per heavy atom. The molecule has 0 aromatic heterocycles. The van der Waals surface area contributed by atoms with Gasteiger partial charge in [-0.1, -0.05) is 29.8 Å². The molecule has 138 valence electrons. The lowest BCUT2D eigenvalue weighted by atomic mass is 10.1. The van der Waals surface area contributed by atoms with Crippen LogP contribution in [0.2, 0.25) is 5.02 Å². The first-order chi connectivity index (χ1) is 12.5. The molecule has 0 aliphatic heterocycles. The molecule has 0 radical (unpaired) electrons. The van der Waals surface area contributed by atoms with E-state index in [9.17, 15) is 4.79 Å². The Morgan fingerprint density at radius 3 is 2.77 bits per heavy atom. The maximum absolute atomic E-state index is 11.7. The van der Waals surface area contributed by atoms with Gasteiger partial charge in [-0.05, 0) is 54.5 Å². The summed E-state index contributed by atoms with van der Waals surface area (Å²) in [6.45, 7) is 2.60. The van der Waals surface area contributed by atoms with Crippen LogP contribution in [0.15, 0.2) is 42.5 Å². The Kier molecular flexibility index (Phi) is 8.22. The third kappa shape index (κ3) is 6.20. The third-order valence-electron chi connectivity index (χ3n) is 3.68. The van der Waals surface area contributed by atoms with Gasteiger partial charge in [-0.25, -0.2) is 4.79 Å². The fraction of sp³-hybridized carbons (Fsp3) is 0.263. The molecule has 2 N–H and O–H groups in total. The number of carbonyl (C=O) groups is 1. The van der Waals surface area contributed by atoms with E-state index in [4.69, 9.17) is 28.6 Å². The van der Waals surface area contributed by atoms with Crippen LogP contribution < -0.4 is 10.6 Å². The molecule has 0 unspecified atom stereocenters. The van der Waals surface area contributed by atoms with Gasteiger partial charge in [0.25, 0.3) is 0 Å². The molecule has 0 heterocycles. The minimum absolute atomic E-state index is 0.359. The normalized spacial score (nSPS) is 10.3. The summed E-state index contributed by atoms with van der Waals surface area (Å²) in [6, 6.07) is 13.3. The van der Waals surface area contributed by atoms with Crippen LogP contribution in [0, 0.1) is 6.92 Å². The minimum atomic E-state index is -0.359. The molecule has 0 spiro atoms. The molecule has 0 atom stereocenters. The highest BCUT2D eigenvalue weighted by Crippen LogP contribution is 2.20. The molecule has 0 fully saturated rings. The maximum Gasteiger partial charge on any atom is 0.338 e. The Bertz CT molecular complexity index is 784. The van der Waals surface area contributed by atoms with E-state index >= 15 is 0 Å². The lowest BCUT2D eigenvalue weighted by Crippen LogP contribution is -2.30. The zero-order valence-electron chi connectivity index (χ0n) is 14.7. The third-order valence-corrected chi connectivity index (χ3v) is 5.19. The predicted octanol–water partition coefficient (Wildman–Crippen LogP) is 4.65. The van der Waals surface area contributed by atoms with Crippen LogP contribution in [0.4, 0.5) is 5.69 Å². The van der Waals surface area contributed by atoms with E-state index in [1.807, 2.05) is 31.2 Å².